The summed E-state index contributed by atoms with van der Waals surface area (Å²) >= 11 is 0. The zero-order chi connectivity index (χ0) is 15.8. The molecule has 0 bridgehead atoms. The van der Waals surface area contributed by atoms with E-state index in [0.29, 0.717) is 16.9 Å². The molecule has 0 spiro atoms. The molecule has 118 valence electrons. The number of hydrogen-bond donors (Lipinski definition) is 1. The molecule has 2 nitrogen and oxygen atoms in total. The van der Waals surface area contributed by atoms with Crippen LogP contribution in [0.4, 0.5) is 4.39 Å². The van der Waals surface area contributed by atoms with E-state index in [0.717, 1.165) is 24.2 Å². The highest BCUT2D eigenvalue weighted by atomic mass is 19.1. The molecule has 1 aliphatic rings. The van der Waals surface area contributed by atoms with Gasteiger partial charge < -0.3 is 10.5 Å². The van der Waals surface area contributed by atoms with Crippen LogP contribution in [0.3, 0.4) is 0 Å². The highest BCUT2D eigenvalue weighted by Gasteiger charge is 2.33. The Kier molecular flexibility index (Phi) is 4.62. The highest BCUT2D eigenvalue weighted by Crippen LogP contribution is 2.41. The van der Waals surface area contributed by atoms with Crippen LogP contribution in [0.1, 0.15) is 64.1 Å². The van der Waals surface area contributed by atoms with E-state index in [1.807, 2.05) is 6.92 Å². The normalized spacial score (nSPS) is 26.4. The molecule has 1 aliphatic carbocycles. The second-order valence-electron chi connectivity index (χ2n) is 7.58. The minimum absolute atomic E-state index is 0.186. The molecule has 0 heterocycles. The summed E-state index contributed by atoms with van der Waals surface area (Å²) in [6.45, 7) is 10.5. The molecule has 0 aromatic heterocycles. The lowest BCUT2D eigenvalue weighted by Gasteiger charge is -2.39. The van der Waals surface area contributed by atoms with Gasteiger partial charge in [0.05, 0.1) is 6.10 Å². The van der Waals surface area contributed by atoms with E-state index in [2.05, 4.69) is 20.8 Å². The first-order valence-electron chi connectivity index (χ1n) is 7.90. The molecule has 3 heteroatoms. The third-order valence-corrected chi connectivity index (χ3v) is 4.42. The zero-order valence-corrected chi connectivity index (χ0v) is 13.9. The van der Waals surface area contributed by atoms with Crippen molar-refractivity contribution in [3.63, 3.8) is 0 Å². The summed E-state index contributed by atoms with van der Waals surface area (Å²) in [4.78, 5) is 0. The van der Waals surface area contributed by atoms with Crippen LogP contribution in [0.15, 0.2) is 12.1 Å². The predicted molar refractivity (Wildman–Crippen MR) is 85.0 cm³/mol. The summed E-state index contributed by atoms with van der Waals surface area (Å²) in [7, 11) is 0. The first-order valence-corrected chi connectivity index (χ1v) is 7.90. The molecule has 0 saturated heterocycles. The van der Waals surface area contributed by atoms with Crippen molar-refractivity contribution >= 4 is 0 Å². The largest absolute Gasteiger partial charge is 0.490 e. The van der Waals surface area contributed by atoms with Gasteiger partial charge in [0.25, 0.3) is 0 Å². The Bertz CT molecular complexity index is 510. The number of nitrogens with two attached hydrogens (primary N) is 1. The minimum Gasteiger partial charge on any atom is -0.490 e. The molecule has 1 saturated carbocycles. The molecule has 0 amide bonds. The first-order chi connectivity index (χ1) is 9.68. The van der Waals surface area contributed by atoms with Crippen molar-refractivity contribution < 1.29 is 9.13 Å². The van der Waals surface area contributed by atoms with Crippen LogP contribution < -0.4 is 10.5 Å². The summed E-state index contributed by atoms with van der Waals surface area (Å²) in [6.07, 6.45) is 3.51. The Balaban J connectivity index is 2.24. The van der Waals surface area contributed by atoms with Crippen LogP contribution in [-0.2, 0) is 0 Å². The molecule has 1 fully saturated rings. The fourth-order valence-corrected chi connectivity index (χ4v) is 3.66. The van der Waals surface area contributed by atoms with E-state index in [1.165, 1.54) is 12.5 Å². The highest BCUT2D eigenvalue weighted by molar-refractivity contribution is 5.40. The number of hydrogen-bond acceptors (Lipinski definition) is 2. The summed E-state index contributed by atoms with van der Waals surface area (Å²) < 4.78 is 20.0. The third kappa shape index (κ3) is 3.97. The van der Waals surface area contributed by atoms with E-state index < -0.39 is 0 Å². The molecule has 2 unspecified atom stereocenters. The molecular formula is C18H28FNO. The molecule has 0 radical (unpaired) electrons. The van der Waals surface area contributed by atoms with Crippen LogP contribution in [-0.4, -0.2) is 6.10 Å². The Morgan fingerprint density at radius 2 is 2.00 bits per heavy atom. The van der Waals surface area contributed by atoms with Gasteiger partial charge in [0.2, 0.25) is 0 Å². The molecular weight excluding hydrogens is 265 g/mol. The van der Waals surface area contributed by atoms with Gasteiger partial charge in [-0.1, -0.05) is 20.8 Å². The Labute approximate surface area is 127 Å². The van der Waals surface area contributed by atoms with Crippen LogP contribution >= 0.6 is 0 Å². The standard InChI is InChI=1S/C18H28FNO/c1-11-6-14(10-18(4,5)9-11)21-17-7-12(2)16(19)8-15(17)13(3)20/h7-8,11,13-14H,6,9-10,20H2,1-5H3/t11?,13-,14?/m1/s1. The van der Waals surface area contributed by atoms with Crippen molar-refractivity contribution in [3.05, 3.63) is 29.1 Å². The van der Waals surface area contributed by atoms with Crippen molar-refractivity contribution in [3.8, 4) is 5.75 Å². The molecule has 0 aliphatic heterocycles. The van der Waals surface area contributed by atoms with Crippen molar-refractivity contribution in [1.29, 1.82) is 0 Å². The van der Waals surface area contributed by atoms with E-state index in [-0.39, 0.29) is 18.0 Å². The summed E-state index contributed by atoms with van der Waals surface area (Å²) in [6, 6.07) is 3.08. The fourth-order valence-electron chi connectivity index (χ4n) is 3.66. The zero-order valence-electron chi connectivity index (χ0n) is 13.9. The fraction of sp³-hybridized carbons (Fsp3) is 0.667. The summed E-state index contributed by atoms with van der Waals surface area (Å²) in [5.74, 6) is 1.19. The number of aryl methyl sites for hydroxylation is 1. The van der Waals surface area contributed by atoms with Gasteiger partial charge >= 0.3 is 0 Å². The molecule has 2 N–H and O–H groups in total. The maximum Gasteiger partial charge on any atom is 0.126 e. The summed E-state index contributed by atoms with van der Waals surface area (Å²) in [5, 5.41) is 0. The second kappa shape index (κ2) is 5.96. The number of benzene rings is 1. The van der Waals surface area contributed by atoms with Gasteiger partial charge in [-0.25, -0.2) is 4.39 Å². The lowest BCUT2D eigenvalue weighted by molar-refractivity contribution is 0.0553. The topological polar surface area (TPSA) is 35.2 Å². The number of rotatable bonds is 3. The smallest absolute Gasteiger partial charge is 0.126 e. The van der Waals surface area contributed by atoms with E-state index in [9.17, 15) is 4.39 Å². The Morgan fingerprint density at radius 1 is 1.33 bits per heavy atom. The van der Waals surface area contributed by atoms with E-state index in [4.69, 9.17) is 10.5 Å². The van der Waals surface area contributed by atoms with Crippen molar-refractivity contribution in [1.82, 2.24) is 0 Å². The Hall–Kier alpha value is -1.09. The second-order valence-corrected chi connectivity index (χ2v) is 7.58. The number of halogens is 1. The quantitative estimate of drug-likeness (QED) is 0.873. The lowest BCUT2D eigenvalue weighted by Crippen LogP contribution is -2.34. The maximum atomic E-state index is 13.8. The van der Waals surface area contributed by atoms with Gasteiger partial charge in [-0.05, 0) is 62.1 Å². The predicted octanol–water partition coefficient (Wildman–Crippen LogP) is 4.75. The minimum atomic E-state index is -0.232. The molecule has 1 aromatic rings. The van der Waals surface area contributed by atoms with Crippen LogP contribution in [0.5, 0.6) is 5.75 Å². The van der Waals surface area contributed by atoms with Gasteiger partial charge in [-0.15, -0.1) is 0 Å². The van der Waals surface area contributed by atoms with Crippen molar-refractivity contribution in [2.75, 3.05) is 0 Å². The first kappa shape index (κ1) is 16.3. The van der Waals surface area contributed by atoms with Crippen LogP contribution in [0.25, 0.3) is 0 Å². The lowest BCUT2D eigenvalue weighted by atomic mass is 9.71. The molecule has 2 rings (SSSR count). The van der Waals surface area contributed by atoms with Gasteiger partial charge in [0, 0.05) is 11.6 Å². The average Bonchev–Trinajstić information content (AvgIpc) is 2.30. The van der Waals surface area contributed by atoms with E-state index >= 15 is 0 Å². The van der Waals surface area contributed by atoms with Crippen molar-refractivity contribution in [2.24, 2.45) is 17.1 Å². The SMILES string of the molecule is Cc1cc(OC2CC(C)CC(C)(C)C2)c([C@@H](C)N)cc1F. The molecule has 3 atom stereocenters. The van der Waals surface area contributed by atoms with Gasteiger partial charge in [-0.3, -0.25) is 0 Å². The van der Waals surface area contributed by atoms with Gasteiger partial charge in [0.1, 0.15) is 11.6 Å². The van der Waals surface area contributed by atoms with E-state index in [1.54, 1.807) is 13.0 Å². The molecule has 21 heavy (non-hydrogen) atoms. The summed E-state index contributed by atoms with van der Waals surface area (Å²) in [5.41, 5.74) is 7.64. The maximum absolute atomic E-state index is 13.8. The van der Waals surface area contributed by atoms with Crippen LogP contribution in [0, 0.1) is 24.1 Å². The van der Waals surface area contributed by atoms with Crippen LogP contribution in [0.2, 0.25) is 0 Å². The van der Waals surface area contributed by atoms with Gasteiger partial charge in [-0.2, -0.15) is 0 Å². The van der Waals surface area contributed by atoms with Gasteiger partial charge in [0.15, 0.2) is 0 Å². The third-order valence-electron chi connectivity index (χ3n) is 4.42. The number of ether oxygens (including phenoxy) is 1. The Morgan fingerprint density at radius 3 is 2.57 bits per heavy atom. The monoisotopic (exact) mass is 293 g/mol. The average molecular weight is 293 g/mol. The molecule has 1 aromatic carbocycles. The van der Waals surface area contributed by atoms with Crippen molar-refractivity contribution in [2.45, 2.75) is 66.0 Å².